The summed E-state index contributed by atoms with van der Waals surface area (Å²) < 4.78 is 5.51. The number of hydrogen-bond donors (Lipinski definition) is 1. The molecule has 0 atom stereocenters. The first kappa shape index (κ1) is 16.7. The summed E-state index contributed by atoms with van der Waals surface area (Å²) in [5.74, 6) is 1.32. The smallest absolute Gasteiger partial charge is 0.322 e. The van der Waals surface area contributed by atoms with Crippen LogP contribution in [-0.4, -0.2) is 26.8 Å². The average molecular weight is 360 g/mol. The summed E-state index contributed by atoms with van der Waals surface area (Å²) in [4.78, 5) is 17.1. The summed E-state index contributed by atoms with van der Waals surface area (Å²) in [6, 6.07) is 10.1. The monoisotopic (exact) mass is 360 g/mol. The third kappa shape index (κ3) is 4.21. The van der Waals surface area contributed by atoms with Crippen LogP contribution in [0.15, 0.2) is 34.7 Å². The van der Waals surface area contributed by atoms with Crippen molar-refractivity contribution in [2.45, 2.75) is 19.6 Å². The van der Waals surface area contributed by atoms with E-state index in [2.05, 4.69) is 20.5 Å². The van der Waals surface area contributed by atoms with Gasteiger partial charge < -0.3 is 4.42 Å². The van der Waals surface area contributed by atoms with Gasteiger partial charge in [-0.1, -0.05) is 35.4 Å². The molecule has 0 radical (unpaired) electrons. The Morgan fingerprint density at radius 1 is 1.25 bits per heavy atom. The van der Waals surface area contributed by atoms with Crippen LogP contribution in [0.3, 0.4) is 0 Å². The van der Waals surface area contributed by atoms with Gasteiger partial charge in [-0.05, 0) is 19.4 Å². The van der Waals surface area contributed by atoms with E-state index in [9.17, 15) is 4.79 Å². The summed E-state index contributed by atoms with van der Waals surface area (Å²) in [7, 11) is 0. The second-order valence-electron chi connectivity index (χ2n) is 5.09. The fourth-order valence-corrected chi connectivity index (χ4v) is 3.72. The van der Waals surface area contributed by atoms with Gasteiger partial charge in [0, 0.05) is 5.75 Å². The molecule has 24 heavy (non-hydrogen) atoms. The highest BCUT2D eigenvalue weighted by Crippen LogP contribution is 2.29. The maximum absolute atomic E-state index is 12.0. The number of aromatic nitrogens is 3. The number of hydrogen-bond acceptors (Lipinski definition) is 7. The molecular weight excluding hydrogens is 344 g/mol. The molecule has 0 fully saturated rings. The highest BCUT2D eigenvalue weighted by molar-refractivity contribution is 7.99. The van der Waals surface area contributed by atoms with Crippen LogP contribution in [0.25, 0.3) is 10.8 Å². The van der Waals surface area contributed by atoms with Crippen LogP contribution >= 0.6 is 23.1 Å². The number of thioether (sulfide) groups is 1. The van der Waals surface area contributed by atoms with Crippen LogP contribution in [0.2, 0.25) is 0 Å². The number of rotatable bonds is 6. The lowest BCUT2D eigenvalue weighted by Gasteiger charge is -2.01. The van der Waals surface area contributed by atoms with Crippen molar-refractivity contribution in [2.24, 2.45) is 0 Å². The van der Waals surface area contributed by atoms with Gasteiger partial charge in [0.2, 0.25) is 5.91 Å². The molecule has 124 valence electrons. The van der Waals surface area contributed by atoms with Gasteiger partial charge in [-0.3, -0.25) is 10.1 Å². The van der Waals surface area contributed by atoms with Crippen molar-refractivity contribution < 1.29 is 9.21 Å². The second kappa shape index (κ2) is 7.59. The molecule has 6 nitrogen and oxygen atoms in total. The van der Waals surface area contributed by atoms with E-state index in [1.165, 1.54) is 28.7 Å². The Morgan fingerprint density at radius 3 is 2.75 bits per heavy atom. The normalized spacial score (nSPS) is 10.8. The fourth-order valence-electron chi connectivity index (χ4n) is 2.09. The fraction of sp³-hybridized carbons (Fsp3) is 0.250. The van der Waals surface area contributed by atoms with E-state index in [0.29, 0.717) is 11.6 Å². The van der Waals surface area contributed by atoms with Gasteiger partial charge >= 0.3 is 6.01 Å². The summed E-state index contributed by atoms with van der Waals surface area (Å²) >= 11 is 3.02. The van der Waals surface area contributed by atoms with Gasteiger partial charge in [-0.2, -0.15) is 0 Å². The van der Waals surface area contributed by atoms with Gasteiger partial charge in [-0.25, -0.2) is 4.98 Å². The van der Waals surface area contributed by atoms with Gasteiger partial charge in [0.15, 0.2) is 0 Å². The van der Waals surface area contributed by atoms with Crippen molar-refractivity contribution in [1.29, 1.82) is 0 Å². The number of anilines is 1. The van der Waals surface area contributed by atoms with E-state index in [4.69, 9.17) is 4.42 Å². The largest absolute Gasteiger partial charge is 0.402 e. The number of thiazole rings is 1. The average Bonchev–Trinajstić information content (AvgIpc) is 3.14. The lowest BCUT2D eigenvalue weighted by molar-refractivity contribution is -0.113. The molecule has 1 N–H and O–H groups in total. The van der Waals surface area contributed by atoms with Crippen LogP contribution in [-0.2, 0) is 10.5 Å². The number of nitrogens with one attached hydrogen (secondary N) is 1. The molecule has 3 rings (SSSR count). The molecular formula is C16H16N4O2S2. The molecule has 0 aliphatic carbocycles. The first-order chi connectivity index (χ1) is 11.6. The molecule has 0 saturated carbocycles. The van der Waals surface area contributed by atoms with E-state index in [1.807, 2.05) is 44.2 Å². The molecule has 1 amide bonds. The molecule has 2 heterocycles. The molecule has 8 heteroatoms. The summed E-state index contributed by atoms with van der Waals surface area (Å²) in [6.07, 6.45) is 0. The van der Waals surface area contributed by atoms with Crippen molar-refractivity contribution in [3.63, 3.8) is 0 Å². The number of carbonyl (C=O) groups is 1. The first-order valence-corrected chi connectivity index (χ1v) is 9.28. The van der Waals surface area contributed by atoms with Gasteiger partial charge in [0.1, 0.15) is 4.88 Å². The second-order valence-corrected chi connectivity index (χ2v) is 7.28. The molecule has 0 spiro atoms. The molecule has 0 saturated heterocycles. The predicted octanol–water partition coefficient (Wildman–Crippen LogP) is 3.68. The highest BCUT2D eigenvalue weighted by atomic mass is 32.2. The molecule has 0 unspecified atom stereocenters. The van der Waals surface area contributed by atoms with Gasteiger partial charge in [0.05, 0.1) is 16.5 Å². The maximum Gasteiger partial charge on any atom is 0.322 e. The van der Waals surface area contributed by atoms with Crippen molar-refractivity contribution in [3.05, 3.63) is 46.6 Å². The minimum atomic E-state index is -0.164. The van der Waals surface area contributed by atoms with Crippen molar-refractivity contribution in [1.82, 2.24) is 15.2 Å². The van der Waals surface area contributed by atoms with E-state index in [1.54, 1.807) is 0 Å². The lowest BCUT2D eigenvalue weighted by atomic mass is 10.2. The minimum absolute atomic E-state index is 0.112. The molecule has 1 aromatic carbocycles. The van der Waals surface area contributed by atoms with Crippen LogP contribution in [0.1, 0.15) is 16.3 Å². The molecule has 0 aliphatic heterocycles. The third-order valence-electron chi connectivity index (χ3n) is 3.11. The van der Waals surface area contributed by atoms with E-state index < -0.39 is 0 Å². The zero-order valence-electron chi connectivity index (χ0n) is 13.3. The zero-order valence-corrected chi connectivity index (χ0v) is 14.9. The number of amides is 1. The Hall–Kier alpha value is -2.19. The molecule has 0 aliphatic rings. The number of aryl methyl sites for hydroxylation is 2. The van der Waals surface area contributed by atoms with Crippen molar-refractivity contribution >= 4 is 35.0 Å². The summed E-state index contributed by atoms with van der Waals surface area (Å²) in [5.41, 5.74) is 2.03. The van der Waals surface area contributed by atoms with E-state index in [0.717, 1.165) is 21.3 Å². The number of benzene rings is 1. The number of carbonyl (C=O) groups excluding carboxylic acids is 1. The lowest BCUT2D eigenvalue weighted by Crippen LogP contribution is -2.14. The number of nitrogens with zero attached hydrogens (tertiary/aromatic N) is 3. The van der Waals surface area contributed by atoms with Crippen molar-refractivity contribution in [2.75, 3.05) is 11.1 Å². The molecule has 2 aromatic heterocycles. The van der Waals surface area contributed by atoms with Crippen LogP contribution < -0.4 is 5.32 Å². The summed E-state index contributed by atoms with van der Waals surface area (Å²) in [5, 5.41) is 11.4. The Balaban J connectivity index is 1.53. The van der Waals surface area contributed by atoms with Crippen LogP contribution in [0.4, 0.5) is 6.01 Å². The predicted molar refractivity (Wildman–Crippen MR) is 96.1 cm³/mol. The SMILES string of the molecule is Cc1nc(C)c(-c2nnc(NC(=O)CSCc3ccccc3)o2)s1. The molecule has 0 bridgehead atoms. The Kier molecular flexibility index (Phi) is 5.27. The maximum atomic E-state index is 12.0. The van der Waals surface area contributed by atoms with Crippen molar-refractivity contribution in [3.8, 4) is 10.8 Å². The Morgan fingerprint density at radius 2 is 2.04 bits per heavy atom. The van der Waals surface area contributed by atoms with E-state index >= 15 is 0 Å². The molecule has 3 aromatic rings. The zero-order chi connectivity index (χ0) is 16.9. The Bertz CT molecular complexity index is 830. The quantitative estimate of drug-likeness (QED) is 0.722. The Labute approximate surface area is 147 Å². The highest BCUT2D eigenvalue weighted by Gasteiger charge is 2.16. The van der Waals surface area contributed by atoms with Gasteiger partial charge in [0.25, 0.3) is 5.89 Å². The van der Waals surface area contributed by atoms with Crippen LogP contribution in [0, 0.1) is 13.8 Å². The van der Waals surface area contributed by atoms with Crippen LogP contribution in [0.5, 0.6) is 0 Å². The summed E-state index contributed by atoms with van der Waals surface area (Å²) in [6.45, 7) is 3.81. The topological polar surface area (TPSA) is 80.9 Å². The third-order valence-corrected chi connectivity index (χ3v) is 5.18. The van der Waals surface area contributed by atoms with Gasteiger partial charge in [-0.15, -0.1) is 28.2 Å². The van der Waals surface area contributed by atoms with E-state index in [-0.39, 0.29) is 11.9 Å². The first-order valence-electron chi connectivity index (χ1n) is 7.31. The standard InChI is InChI=1S/C16H16N4O2S2/c1-10-14(24-11(2)17-10)15-19-20-16(22-15)18-13(21)9-23-8-12-6-4-3-5-7-12/h3-7H,8-9H2,1-2H3,(H,18,20,21). The minimum Gasteiger partial charge on any atom is -0.402 e.